The van der Waals surface area contributed by atoms with Crippen molar-refractivity contribution in [2.45, 2.75) is 6.92 Å². The van der Waals surface area contributed by atoms with Crippen LogP contribution in [0.15, 0.2) is 30.6 Å². The van der Waals surface area contributed by atoms with Crippen molar-refractivity contribution in [3.05, 3.63) is 36.3 Å². The molecule has 0 amide bonds. The predicted molar refractivity (Wildman–Crippen MR) is 47.8 cm³/mol. The number of aryl methyl sites for hydroxylation is 1. The van der Waals surface area contributed by atoms with Gasteiger partial charge in [0.1, 0.15) is 0 Å². The van der Waals surface area contributed by atoms with Crippen LogP contribution in [0.2, 0.25) is 0 Å². The first-order valence-corrected chi connectivity index (χ1v) is 3.93. The third-order valence-electron chi connectivity index (χ3n) is 1.68. The first-order valence-electron chi connectivity index (χ1n) is 3.93. The third-order valence-corrected chi connectivity index (χ3v) is 1.68. The number of nitrogens with zero attached hydrogens (tertiary/aromatic N) is 4. The van der Waals surface area contributed by atoms with Crippen molar-refractivity contribution in [2.75, 3.05) is 0 Å². The minimum Gasteiger partial charge on any atom is -0.159 e. The number of hydrogen-bond acceptors (Lipinski definition) is 4. The van der Waals surface area contributed by atoms with Crippen molar-refractivity contribution in [1.82, 2.24) is 20.4 Å². The van der Waals surface area contributed by atoms with Crippen LogP contribution in [0, 0.1) is 6.92 Å². The van der Waals surface area contributed by atoms with Crippen molar-refractivity contribution in [3.8, 4) is 11.3 Å². The van der Waals surface area contributed by atoms with Gasteiger partial charge in [0.25, 0.3) is 0 Å². The second kappa shape index (κ2) is 3.26. The van der Waals surface area contributed by atoms with E-state index in [9.17, 15) is 0 Å². The fraction of sp³-hybridized carbons (Fsp3) is 0.111. The summed E-state index contributed by atoms with van der Waals surface area (Å²) >= 11 is 0. The van der Waals surface area contributed by atoms with Crippen LogP contribution in [0.25, 0.3) is 11.3 Å². The molecule has 0 atom stereocenters. The van der Waals surface area contributed by atoms with Crippen molar-refractivity contribution >= 4 is 0 Å². The highest BCUT2D eigenvalue weighted by atomic mass is 15.1. The van der Waals surface area contributed by atoms with Crippen LogP contribution in [-0.2, 0) is 0 Å². The molecule has 64 valence electrons. The Morgan fingerprint density at radius 2 is 1.92 bits per heavy atom. The second-order valence-corrected chi connectivity index (χ2v) is 2.69. The SMILES string of the molecule is Cc1ccc(-c2ccnnc2)nn1. The van der Waals surface area contributed by atoms with E-state index in [0.29, 0.717) is 0 Å². The summed E-state index contributed by atoms with van der Waals surface area (Å²) in [6, 6.07) is 5.69. The van der Waals surface area contributed by atoms with Crippen LogP contribution in [0.1, 0.15) is 5.69 Å². The summed E-state index contributed by atoms with van der Waals surface area (Å²) in [4.78, 5) is 0. The van der Waals surface area contributed by atoms with E-state index in [4.69, 9.17) is 0 Å². The Balaban J connectivity index is 2.42. The molecule has 0 saturated carbocycles. The van der Waals surface area contributed by atoms with Gasteiger partial charge >= 0.3 is 0 Å². The monoisotopic (exact) mass is 172 g/mol. The summed E-state index contributed by atoms with van der Waals surface area (Å²) in [5, 5.41) is 15.4. The van der Waals surface area contributed by atoms with E-state index in [1.165, 1.54) is 0 Å². The maximum atomic E-state index is 4.03. The molecule has 0 bridgehead atoms. The predicted octanol–water partition coefficient (Wildman–Crippen LogP) is 1.24. The van der Waals surface area contributed by atoms with Crippen LogP contribution in [0.3, 0.4) is 0 Å². The van der Waals surface area contributed by atoms with Crippen molar-refractivity contribution in [1.29, 1.82) is 0 Å². The van der Waals surface area contributed by atoms with Crippen molar-refractivity contribution in [2.24, 2.45) is 0 Å². The van der Waals surface area contributed by atoms with Gasteiger partial charge in [-0.3, -0.25) is 0 Å². The molecule has 0 aliphatic heterocycles. The number of hydrogen-bond donors (Lipinski definition) is 0. The lowest BCUT2D eigenvalue weighted by atomic mass is 10.2. The van der Waals surface area contributed by atoms with E-state index in [0.717, 1.165) is 17.0 Å². The minimum absolute atomic E-state index is 0.820. The molecule has 0 aromatic carbocycles. The number of rotatable bonds is 1. The van der Waals surface area contributed by atoms with Gasteiger partial charge in [-0.05, 0) is 25.1 Å². The molecule has 4 nitrogen and oxygen atoms in total. The molecule has 2 aromatic rings. The normalized spacial score (nSPS) is 9.92. The van der Waals surface area contributed by atoms with Gasteiger partial charge < -0.3 is 0 Å². The van der Waals surface area contributed by atoms with Crippen molar-refractivity contribution < 1.29 is 0 Å². The highest BCUT2D eigenvalue weighted by molar-refractivity contribution is 5.56. The summed E-state index contributed by atoms with van der Waals surface area (Å²) in [6.07, 6.45) is 3.30. The highest BCUT2D eigenvalue weighted by Crippen LogP contribution is 2.12. The molecule has 0 radical (unpaired) electrons. The average molecular weight is 172 g/mol. The van der Waals surface area contributed by atoms with Gasteiger partial charge in [0.05, 0.1) is 23.8 Å². The topological polar surface area (TPSA) is 51.6 Å². The lowest BCUT2D eigenvalue weighted by Gasteiger charge is -1.97. The minimum atomic E-state index is 0.820. The van der Waals surface area contributed by atoms with E-state index >= 15 is 0 Å². The Hall–Kier alpha value is -1.84. The molecule has 13 heavy (non-hydrogen) atoms. The van der Waals surface area contributed by atoms with Crippen molar-refractivity contribution in [3.63, 3.8) is 0 Å². The summed E-state index contributed by atoms with van der Waals surface area (Å²) in [7, 11) is 0. The van der Waals surface area contributed by atoms with Crippen LogP contribution in [0.5, 0.6) is 0 Å². The fourth-order valence-corrected chi connectivity index (χ4v) is 0.995. The molecule has 2 aromatic heterocycles. The summed E-state index contributed by atoms with van der Waals surface area (Å²) in [5.74, 6) is 0. The van der Waals surface area contributed by atoms with Crippen LogP contribution in [-0.4, -0.2) is 20.4 Å². The van der Waals surface area contributed by atoms with Gasteiger partial charge in [-0.25, -0.2) is 0 Å². The van der Waals surface area contributed by atoms with E-state index in [2.05, 4.69) is 20.4 Å². The van der Waals surface area contributed by atoms with Gasteiger partial charge in [-0.15, -0.1) is 0 Å². The summed E-state index contributed by atoms with van der Waals surface area (Å²) in [6.45, 7) is 1.90. The third kappa shape index (κ3) is 1.66. The fourth-order valence-electron chi connectivity index (χ4n) is 0.995. The first-order chi connectivity index (χ1) is 6.36. The zero-order chi connectivity index (χ0) is 9.10. The molecule has 0 N–H and O–H groups in total. The lowest BCUT2D eigenvalue weighted by Crippen LogP contribution is -1.90. The average Bonchev–Trinajstić information content (AvgIpc) is 2.20. The smallest absolute Gasteiger partial charge is 0.0946 e. The maximum Gasteiger partial charge on any atom is 0.0946 e. The van der Waals surface area contributed by atoms with E-state index in [-0.39, 0.29) is 0 Å². The Bertz CT molecular complexity index is 382. The first kappa shape index (κ1) is 7.79. The Morgan fingerprint density at radius 1 is 1.00 bits per heavy atom. The molecule has 2 heterocycles. The Labute approximate surface area is 75.7 Å². The molecule has 0 fully saturated rings. The second-order valence-electron chi connectivity index (χ2n) is 2.69. The van der Waals surface area contributed by atoms with Gasteiger partial charge in [0.2, 0.25) is 0 Å². The van der Waals surface area contributed by atoms with Gasteiger partial charge in [-0.1, -0.05) is 0 Å². The Morgan fingerprint density at radius 3 is 2.54 bits per heavy atom. The lowest BCUT2D eigenvalue weighted by molar-refractivity contribution is 0.977. The quantitative estimate of drug-likeness (QED) is 0.649. The Kier molecular flexibility index (Phi) is 1.96. The molecule has 0 aliphatic carbocycles. The van der Waals surface area contributed by atoms with Crippen LogP contribution < -0.4 is 0 Å². The highest BCUT2D eigenvalue weighted by Gasteiger charge is 1.98. The van der Waals surface area contributed by atoms with Gasteiger partial charge in [0.15, 0.2) is 0 Å². The molecular formula is C9H8N4. The molecule has 0 aliphatic rings. The molecule has 0 saturated heterocycles. The van der Waals surface area contributed by atoms with Gasteiger partial charge in [0, 0.05) is 5.56 Å². The summed E-state index contributed by atoms with van der Waals surface area (Å²) < 4.78 is 0. The van der Waals surface area contributed by atoms with E-state index in [1.54, 1.807) is 12.4 Å². The van der Waals surface area contributed by atoms with Crippen LogP contribution in [0.4, 0.5) is 0 Å². The zero-order valence-corrected chi connectivity index (χ0v) is 7.18. The zero-order valence-electron chi connectivity index (χ0n) is 7.18. The molecule has 0 unspecified atom stereocenters. The van der Waals surface area contributed by atoms with Gasteiger partial charge in [-0.2, -0.15) is 20.4 Å². The maximum absolute atomic E-state index is 4.03. The standard InChI is InChI=1S/C9H8N4/c1-7-2-3-9(13-12-7)8-4-5-10-11-6-8/h2-6H,1H3. The molecular weight excluding hydrogens is 164 g/mol. The molecule has 4 heteroatoms. The number of aromatic nitrogens is 4. The van der Waals surface area contributed by atoms with E-state index < -0.39 is 0 Å². The van der Waals surface area contributed by atoms with E-state index in [1.807, 2.05) is 25.1 Å². The summed E-state index contributed by atoms with van der Waals surface area (Å²) in [5.41, 5.74) is 2.66. The molecule has 2 rings (SSSR count). The van der Waals surface area contributed by atoms with Crippen LogP contribution >= 0.6 is 0 Å². The molecule has 0 spiro atoms. The largest absolute Gasteiger partial charge is 0.159 e.